The van der Waals surface area contributed by atoms with Crippen LogP contribution in [0.25, 0.3) is 0 Å². The number of hydrogen-bond donors (Lipinski definition) is 2. The highest BCUT2D eigenvalue weighted by Gasteiger charge is 2.18. The molecule has 0 aliphatic rings. The number of aromatic nitrogens is 1. The predicted molar refractivity (Wildman–Crippen MR) is 77.9 cm³/mol. The van der Waals surface area contributed by atoms with Crippen molar-refractivity contribution in [2.24, 2.45) is 5.73 Å². The Balaban J connectivity index is 2.20. The molecule has 0 unspecified atom stereocenters. The zero-order valence-electron chi connectivity index (χ0n) is 11.4. The third-order valence-electron chi connectivity index (χ3n) is 2.97. The van der Waals surface area contributed by atoms with Gasteiger partial charge in [0.2, 0.25) is 15.9 Å². The van der Waals surface area contributed by atoms with E-state index in [4.69, 9.17) is 5.73 Å². The van der Waals surface area contributed by atoms with Crippen molar-refractivity contribution < 1.29 is 13.2 Å². The maximum Gasteiger partial charge on any atom is 0.248 e. The molecule has 1 heterocycles. The van der Waals surface area contributed by atoms with E-state index in [9.17, 15) is 13.2 Å². The molecule has 21 heavy (non-hydrogen) atoms. The normalized spacial score (nSPS) is 12.8. The Labute approximate surface area is 123 Å². The van der Waals surface area contributed by atoms with Crippen LogP contribution in [-0.4, -0.2) is 19.3 Å². The van der Waals surface area contributed by atoms with E-state index in [-0.39, 0.29) is 10.5 Å². The molecule has 7 heteroatoms. The van der Waals surface area contributed by atoms with Crippen LogP contribution in [0.5, 0.6) is 0 Å². The van der Waals surface area contributed by atoms with Crippen molar-refractivity contribution in [2.75, 3.05) is 0 Å². The van der Waals surface area contributed by atoms with E-state index in [1.165, 1.54) is 24.3 Å². The zero-order valence-corrected chi connectivity index (χ0v) is 12.2. The summed E-state index contributed by atoms with van der Waals surface area (Å²) in [6.45, 7) is 1.73. The highest BCUT2D eigenvalue weighted by atomic mass is 32.2. The Morgan fingerprint density at radius 2 is 1.90 bits per heavy atom. The largest absolute Gasteiger partial charge is 0.366 e. The SMILES string of the molecule is C[C@@H](NS(=O)(=O)c1ccc(C(N)=O)cc1)c1cccnc1. The first-order chi connectivity index (χ1) is 9.90. The molecule has 6 nitrogen and oxygen atoms in total. The number of primary amides is 1. The van der Waals surface area contributed by atoms with Gasteiger partial charge in [-0.2, -0.15) is 0 Å². The highest BCUT2D eigenvalue weighted by Crippen LogP contribution is 2.16. The van der Waals surface area contributed by atoms with E-state index in [1.807, 2.05) is 0 Å². The van der Waals surface area contributed by atoms with Gasteiger partial charge in [0.1, 0.15) is 0 Å². The Morgan fingerprint density at radius 3 is 2.43 bits per heavy atom. The van der Waals surface area contributed by atoms with Crippen LogP contribution >= 0.6 is 0 Å². The molecular formula is C14H15N3O3S. The molecule has 0 saturated carbocycles. The lowest BCUT2D eigenvalue weighted by Crippen LogP contribution is -2.27. The number of sulfonamides is 1. The van der Waals surface area contributed by atoms with Crippen molar-refractivity contribution in [3.8, 4) is 0 Å². The van der Waals surface area contributed by atoms with Crippen LogP contribution in [0.4, 0.5) is 0 Å². The molecule has 0 aliphatic heterocycles. The van der Waals surface area contributed by atoms with Crippen molar-refractivity contribution in [3.63, 3.8) is 0 Å². The van der Waals surface area contributed by atoms with Gasteiger partial charge in [-0.15, -0.1) is 0 Å². The molecule has 0 saturated heterocycles. The Morgan fingerprint density at radius 1 is 1.24 bits per heavy atom. The molecule has 0 bridgehead atoms. The number of nitrogens with two attached hydrogens (primary N) is 1. The van der Waals surface area contributed by atoms with E-state index < -0.39 is 22.0 Å². The van der Waals surface area contributed by atoms with Crippen LogP contribution in [0.15, 0.2) is 53.7 Å². The number of benzene rings is 1. The second kappa shape index (κ2) is 6.02. The number of nitrogens with zero attached hydrogens (tertiary/aromatic N) is 1. The lowest BCUT2D eigenvalue weighted by atomic mass is 10.2. The summed E-state index contributed by atoms with van der Waals surface area (Å²) in [6, 6.07) is 8.56. The number of carbonyl (C=O) groups is 1. The van der Waals surface area contributed by atoms with Gasteiger partial charge in [0, 0.05) is 24.0 Å². The first-order valence-electron chi connectivity index (χ1n) is 6.22. The summed E-state index contributed by atoms with van der Waals surface area (Å²) in [4.78, 5) is 15.0. The van der Waals surface area contributed by atoms with Gasteiger partial charge in [-0.3, -0.25) is 9.78 Å². The molecule has 1 aromatic heterocycles. The molecule has 1 amide bonds. The predicted octanol–water partition coefficient (Wildman–Crippen LogP) is 1.22. The monoisotopic (exact) mass is 305 g/mol. The average molecular weight is 305 g/mol. The van der Waals surface area contributed by atoms with Crippen LogP contribution < -0.4 is 10.5 Å². The van der Waals surface area contributed by atoms with Crippen LogP contribution in [0.3, 0.4) is 0 Å². The highest BCUT2D eigenvalue weighted by molar-refractivity contribution is 7.89. The standard InChI is InChI=1S/C14H15N3O3S/c1-10(12-3-2-8-16-9-12)17-21(19,20)13-6-4-11(5-7-13)14(15)18/h2-10,17H,1H3,(H2,15,18)/t10-/m1/s1. The Hall–Kier alpha value is -2.25. The van der Waals surface area contributed by atoms with E-state index in [1.54, 1.807) is 31.5 Å². The molecular weight excluding hydrogens is 290 g/mol. The molecule has 110 valence electrons. The molecule has 0 fully saturated rings. The average Bonchev–Trinajstić information content (AvgIpc) is 2.48. The van der Waals surface area contributed by atoms with E-state index >= 15 is 0 Å². The molecule has 0 radical (unpaired) electrons. The van der Waals surface area contributed by atoms with Gasteiger partial charge in [-0.05, 0) is 42.8 Å². The summed E-state index contributed by atoms with van der Waals surface area (Å²) in [5.41, 5.74) is 6.14. The number of carbonyl (C=O) groups excluding carboxylic acids is 1. The maximum absolute atomic E-state index is 12.2. The van der Waals surface area contributed by atoms with Gasteiger partial charge in [0.05, 0.1) is 4.90 Å². The third-order valence-corrected chi connectivity index (χ3v) is 4.52. The number of amides is 1. The van der Waals surface area contributed by atoms with Crippen molar-refractivity contribution in [2.45, 2.75) is 17.9 Å². The van der Waals surface area contributed by atoms with E-state index in [0.717, 1.165) is 5.56 Å². The van der Waals surface area contributed by atoms with Gasteiger partial charge < -0.3 is 5.73 Å². The van der Waals surface area contributed by atoms with Crippen molar-refractivity contribution in [1.29, 1.82) is 0 Å². The summed E-state index contributed by atoms with van der Waals surface area (Å²) >= 11 is 0. The van der Waals surface area contributed by atoms with Gasteiger partial charge in [0.15, 0.2) is 0 Å². The fraction of sp³-hybridized carbons (Fsp3) is 0.143. The van der Waals surface area contributed by atoms with Crippen LogP contribution in [0.1, 0.15) is 28.9 Å². The molecule has 0 aliphatic carbocycles. The summed E-state index contributed by atoms with van der Waals surface area (Å²) in [6.07, 6.45) is 3.22. The van der Waals surface area contributed by atoms with Crippen molar-refractivity contribution in [1.82, 2.24) is 9.71 Å². The first-order valence-corrected chi connectivity index (χ1v) is 7.70. The fourth-order valence-electron chi connectivity index (χ4n) is 1.80. The van der Waals surface area contributed by atoms with E-state index in [0.29, 0.717) is 0 Å². The minimum absolute atomic E-state index is 0.0724. The molecule has 2 aromatic rings. The molecule has 0 spiro atoms. The van der Waals surface area contributed by atoms with Gasteiger partial charge in [-0.25, -0.2) is 13.1 Å². The minimum Gasteiger partial charge on any atom is -0.366 e. The molecule has 2 rings (SSSR count). The fourth-order valence-corrected chi connectivity index (χ4v) is 3.03. The summed E-state index contributed by atoms with van der Waals surface area (Å²) in [5, 5.41) is 0. The molecule has 1 aromatic carbocycles. The third kappa shape index (κ3) is 3.65. The molecule has 3 N–H and O–H groups in total. The number of rotatable bonds is 5. The Kier molecular flexibility index (Phi) is 4.35. The summed E-state index contributed by atoms with van der Waals surface area (Å²) in [5.74, 6) is -0.601. The van der Waals surface area contributed by atoms with Gasteiger partial charge in [-0.1, -0.05) is 6.07 Å². The first kappa shape index (κ1) is 15.1. The second-order valence-corrected chi connectivity index (χ2v) is 6.23. The van der Waals surface area contributed by atoms with Crippen LogP contribution in [0.2, 0.25) is 0 Å². The van der Waals surface area contributed by atoms with Crippen molar-refractivity contribution >= 4 is 15.9 Å². The van der Waals surface area contributed by atoms with Crippen LogP contribution in [0, 0.1) is 0 Å². The number of hydrogen-bond acceptors (Lipinski definition) is 4. The summed E-state index contributed by atoms with van der Waals surface area (Å²) < 4.78 is 27.1. The van der Waals surface area contributed by atoms with Crippen LogP contribution in [-0.2, 0) is 10.0 Å². The lowest BCUT2D eigenvalue weighted by molar-refractivity contribution is 0.1000. The van der Waals surface area contributed by atoms with E-state index in [2.05, 4.69) is 9.71 Å². The zero-order chi connectivity index (χ0) is 15.5. The summed E-state index contributed by atoms with van der Waals surface area (Å²) in [7, 11) is -3.68. The second-order valence-electron chi connectivity index (χ2n) is 4.52. The molecule has 1 atom stereocenters. The maximum atomic E-state index is 12.2. The van der Waals surface area contributed by atoms with Crippen molar-refractivity contribution in [3.05, 3.63) is 59.9 Å². The number of nitrogens with one attached hydrogen (secondary N) is 1. The quantitative estimate of drug-likeness (QED) is 0.867. The van der Waals surface area contributed by atoms with Gasteiger partial charge in [0.25, 0.3) is 0 Å². The van der Waals surface area contributed by atoms with Gasteiger partial charge >= 0.3 is 0 Å². The minimum atomic E-state index is -3.68. The number of pyridine rings is 1. The topological polar surface area (TPSA) is 102 Å². The lowest BCUT2D eigenvalue weighted by Gasteiger charge is -2.14. The Bertz CT molecular complexity index is 728. The smallest absolute Gasteiger partial charge is 0.248 e.